The average molecular weight is 329 g/mol. The Hall–Kier alpha value is -2.62. The summed E-state index contributed by atoms with van der Waals surface area (Å²) in [4.78, 5) is 20.3. The van der Waals surface area contributed by atoms with Crippen molar-refractivity contribution in [2.24, 2.45) is 0 Å². The first-order chi connectivity index (χ1) is 10.3. The molecule has 22 heavy (non-hydrogen) atoms. The molecule has 0 saturated carbocycles. The predicted molar refractivity (Wildman–Crippen MR) is 71.8 cm³/mol. The van der Waals surface area contributed by atoms with E-state index in [4.69, 9.17) is 0 Å². The van der Waals surface area contributed by atoms with Crippen molar-refractivity contribution in [2.75, 3.05) is 11.9 Å². The summed E-state index contributed by atoms with van der Waals surface area (Å²) in [6.45, 7) is 0. The number of pyridine rings is 2. The van der Waals surface area contributed by atoms with Crippen LogP contribution in [0.15, 0.2) is 36.7 Å². The Bertz CT molecular complexity index is 814. The van der Waals surface area contributed by atoms with Crippen molar-refractivity contribution in [1.82, 2.24) is 9.97 Å². The number of hydrogen-bond acceptors (Lipinski definition) is 6. The van der Waals surface area contributed by atoms with Gasteiger partial charge in [0, 0.05) is 13.2 Å². The smallest absolute Gasteiger partial charge is 0.357 e. The van der Waals surface area contributed by atoms with Crippen LogP contribution in [-0.2, 0) is 10.5 Å². The van der Waals surface area contributed by atoms with E-state index < -0.39 is 28.1 Å². The van der Waals surface area contributed by atoms with E-state index in [-0.39, 0.29) is 11.4 Å². The number of aromatic nitrogens is 2. The molecule has 0 fully saturated rings. The zero-order valence-corrected chi connectivity index (χ0v) is 11.9. The first kappa shape index (κ1) is 15.8. The number of halogens is 2. The highest BCUT2D eigenvalue weighted by atomic mass is 32.3. The van der Waals surface area contributed by atoms with Crippen molar-refractivity contribution in [3.8, 4) is 5.75 Å². The minimum absolute atomic E-state index is 0.0365. The molecule has 2 heterocycles. The largest absolute Gasteiger partial charge is 0.488 e. The molecule has 116 valence electrons. The van der Waals surface area contributed by atoms with Gasteiger partial charge in [0.1, 0.15) is 5.82 Å². The fraction of sp³-hybridized carbons (Fsp3) is 0.0833. The van der Waals surface area contributed by atoms with Crippen LogP contribution in [0.4, 0.5) is 14.1 Å². The molecule has 0 spiro atoms. The molecule has 0 radical (unpaired) electrons. The van der Waals surface area contributed by atoms with Crippen LogP contribution in [0.1, 0.15) is 10.4 Å². The summed E-state index contributed by atoms with van der Waals surface area (Å²) in [5.41, 5.74) is -0.0882. The number of carbonyl (C=O) groups excluding carboxylic acids is 1. The van der Waals surface area contributed by atoms with Crippen molar-refractivity contribution in [1.29, 1.82) is 0 Å². The Labute approximate surface area is 124 Å². The highest BCUT2D eigenvalue weighted by Gasteiger charge is 2.18. The van der Waals surface area contributed by atoms with E-state index in [1.165, 1.54) is 19.2 Å². The van der Waals surface area contributed by atoms with E-state index in [0.717, 1.165) is 29.4 Å². The summed E-state index contributed by atoms with van der Waals surface area (Å²) in [5.74, 6) is -1.86. The summed E-state index contributed by atoms with van der Waals surface area (Å²) in [7, 11) is -3.89. The topological polar surface area (TPSA) is 89.5 Å². The Morgan fingerprint density at radius 3 is 2.68 bits per heavy atom. The maximum absolute atomic E-state index is 13.1. The number of rotatable bonds is 4. The van der Waals surface area contributed by atoms with Gasteiger partial charge in [-0.3, -0.25) is 14.7 Å². The lowest BCUT2D eigenvalue weighted by molar-refractivity contribution is 0.0991. The van der Waals surface area contributed by atoms with E-state index in [2.05, 4.69) is 14.2 Å². The minimum atomic E-state index is -5.22. The van der Waals surface area contributed by atoms with Gasteiger partial charge in [0.25, 0.3) is 5.91 Å². The second-order valence-electron chi connectivity index (χ2n) is 4.07. The van der Waals surface area contributed by atoms with Crippen LogP contribution in [0.5, 0.6) is 5.75 Å². The molecule has 2 rings (SSSR count). The van der Waals surface area contributed by atoms with Gasteiger partial charge < -0.3 is 4.18 Å². The Kier molecular flexibility index (Phi) is 4.31. The lowest BCUT2D eigenvalue weighted by Crippen LogP contribution is -2.27. The van der Waals surface area contributed by atoms with Gasteiger partial charge in [0.15, 0.2) is 5.75 Å². The minimum Gasteiger partial charge on any atom is -0.357 e. The number of carbonyl (C=O) groups is 1. The molecule has 1 amide bonds. The summed E-state index contributed by atoms with van der Waals surface area (Å²) < 4.78 is 50.3. The van der Waals surface area contributed by atoms with Crippen molar-refractivity contribution in [3.05, 3.63) is 48.2 Å². The Morgan fingerprint density at radius 2 is 2.05 bits per heavy atom. The van der Waals surface area contributed by atoms with Crippen molar-refractivity contribution in [2.45, 2.75) is 0 Å². The lowest BCUT2D eigenvalue weighted by Gasteiger charge is -2.16. The molecular formula is C12H9F2N3O4S. The maximum Gasteiger partial charge on any atom is 0.488 e. The molecule has 0 aromatic carbocycles. The second kappa shape index (κ2) is 6.02. The van der Waals surface area contributed by atoms with Gasteiger partial charge in [-0.05, 0) is 18.2 Å². The fourth-order valence-corrected chi connectivity index (χ4v) is 1.90. The number of anilines is 1. The van der Waals surface area contributed by atoms with E-state index in [0.29, 0.717) is 0 Å². The third-order valence-corrected chi connectivity index (χ3v) is 2.90. The number of amides is 1. The van der Waals surface area contributed by atoms with Crippen LogP contribution in [-0.4, -0.2) is 31.3 Å². The van der Waals surface area contributed by atoms with Gasteiger partial charge in [-0.1, -0.05) is 9.95 Å². The molecule has 0 aliphatic rings. The molecule has 7 nitrogen and oxygen atoms in total. The van der Waals surface area contributed by atoms with Crippen LogP contribution >= 0.6 is 0 Å². The zero-order chi connectivity index (χ0) is 16.3. The van der Waals surface area contributed by atoms with Crippen LogP contribution in [0.25, 0.3) is 0 Å². The predicted octanol–water partition coefficient (Wildman–Crippen LogP) is 1.49. The van der Waals surface area contributed by atoms with Crippen molar-refractivity contribution in [3.63, 3.8) is 0 Å². The van der Waals surface area contributed by atoms with Crippen LogP contribution in [0.3, 0.4) is 0 Å². The van der Waals surface area contributed by atoms with Gasteiger partial charge >= 0.3 is 10.5 Å². The molecule has 2 aromatic heterocycles. The molecule has 0 bridgehead atoms. The lowest BCUT2D eigenvalue weighted by atomic mass is 10.2. The zero-order valence-electron chi connectivity index (χ0n) is 11.1. The SMILES string of the molecule is CN(C(=O)c1cncc(OS(=O)(=O)F)c1)c1cccc(F)n1. The molecule has 0 N–H and O–H groups in total. The normalized spacial score (nSPS) is 11.0. The highest BCUT2D eigenvalue weighted by Crippen LogP contribution is 2.17. The van der Waals surface area contributed by atoms with E-state index in [1.807, 2.05) is 0 Å². The van der Waals surface area contributed by atoms with Gasteiger partial charge in [-0.25, -0.2) is 4.98 Å². The molecule has 0 atom stereocenters. The van der Waals surface area contributed by atoms with E-state index in [9.17, 15) is 21.5 Å². The van der Waals surface area contributed by atoms with Crippen LogP contribution in [0, 0.1) is 5.95 Å². The first-order valence-corrected chi connectivity index (χ1v) is 7.07. The molecule has 10 heteroatoms. The summed E-state index contributed by atoms with van der Waals surface area (Å²) in [6, 6.07) is 4.88. The molecule has 2 aromatic rings. The first-order valence-electron chi connectivity index (χ1n) is 5.76. The van der Waals surface area contributed by atoms with E-state index >= 15 is 0 Å². The van der Waals surface area contributed by atoms with Crippen LogP contribution in [0.2, 0.25) is 0 Å². The third kappa shape index (κ3) is 3.95. The highest BCUT2D eigenvalue weighted by molar-refractivity contribution is 7.81. The molecule has 0 saturated heterocycles. The Balaban J connectivity index is 2.27. The van der Waals surface area contributed by atoms with Crippen LogP contribution < -0.4 is 9.08 Å². The van der Waals surface area contributed by atoms with Gasteiger partial charge in [-0.2, -0.15) is 12.8 Å². The summed E-state index contributed by atoms with van der Waals surface area (Å²) in [6.07, 6.45) is 2.05. The average Bonchev–Trinajstić information content (AvgIpc) is 2.44. The quantitative estimate of drug-likeness (QED) is 0.623. The maximum atomic E-state index is 13.1. The number of nitrogens with zero attached hydrogens (tertiary/aromatic N) is 3. The third-order valence-electron chi connectivity index (χ3n) is 2.50. The fourth-order valence-electron chi connectivity index (χ4n) is 1.58. The van der Waals surface area contributed by atoms with Crippen molar-refractivity contribution < 1.29 is 25.7 Å². The summed E-state index contributed by atoms with van der Waals surface area (Å²) >= 11 is 0. The van der Waals surface area contributed by atoms with Gasteiger partial charge in [0.05, 0.1) is 11.8 Å². The van der Waals surface area contributed by atoms with Crippen molar-refractivity contribution >= 4 is 22.2 Å². The molecule has 0 unspecified atom stereocenters. The van der Waals surface area contributed by atoms with E-state index in [1.54, 1.807) is 0 Å². The number of hydrogen-bond donors (Lipinski definition) is 0. The molecule has 0 aliphatic heterocycles. The molecule has 0 aliphatic carbocycles. The Morgan fingerprint density at radius 1 is 1.32 bits per heavy atom. The van der Waals surface area contributed by atoms with Gasteiger partial charge in [-0.15, -0.1) is 0 Å². The second-order valence-corrected chi connectivity index (χ2v) is 5.02. The van der Waals surface area contributed by atoms with Gasteiger partial charge in [0.2, 0.25) is 5.95 Å². The monoisotopic (exact) mass is 329 g/mol. The summed E-state index contributed by atoms with van der Waals surface area (Å²) in [5, 5.41) is 0. The molecular weight excluding hydrogens is 320 g/mol. The standard InChI is InChI=1S/C12H9F2N3O4S/c1-17(11-4-2-3-10(13)16-11)12(18)8-5-9(7-15-6-8)21-22(14,19)20/h2-7H,1H3.